The summed E-state index contributed by atoms with van der Waals surface area (Å²) >= 11 is 3.44. The third kappa shape index (κ3) is 4.93. The minimum atomic E-state index is -0.188. The molecule has 5 rings (SSSR count). The fourth-order valence-electron chi connectivity index (χ4n) is 3.75. The van der Waals surface area contributed by atoms with Gasteiger partial charge in [0.1, 0.15) is 18.2 Å². The highest BCUT2D eigenvalue weighted by Gasteiger charge is 2.16. The molecule has 0 N–H and O–H groups in total. The first-order chi connectivity index (χ1) is 17.0. The van der Waals surface area contributed by atoms with Gasteiger partial charge in [0.25, 0.3) is 5.56 Å². The SMILES string of the molecule is CC[C@@H](C)c1nc2ccc(Br)cc2c(=O)n1N=Cc1ccc(OCc2ccc3c(c2)OCO3)cc1. The number of aromatic nitrogens is 2. The maximum atomic E-state index is 13.2. The van der Waals surface area contributed by atoms with Crippen molar-refractivity contribution in [2.45, 2.75) is 32.8 Å². The van der Waals surface area contributed by atoms with Crippen molar-refractivity contribution in [3.05, 3.63) is 92.4 Å². The average Bonchev–Trinajstić information content (AvgIpc) is 3.35. The third-order valence-electron chi connectivity index (χ3n) is 5.93. The Bertz CT molecular complexity index is 1460. The largest absolute Gasteiger partial charge is 0.489 e. The lowest BCUT2D eigenvalue weighted by atomic mass is 10.1. The summed E-state index contributed by atoms with van der Waals surface area (Å²) in [7, 11) is 0. The smallest absolute Gasteiger partial charge is 0.282 e. The van der Waals surface area contributed by atoms with E-state index in [4.69, 9.17) is 19.2 Å². The van der Waals surface area contributed by atoms with E-state index in [9.17, 15) is 4.79 Å². The zero-order valence-electron chi connectivity index (χ0n) is 19.4. The lowest BCUT2D eigenvalue weighted by Gasteiger charge is -2.14. The van der Waals surface area contributed by atoms with Crippen LogP contribution in [0.5, 0.6) is 17.2 Å². The zero-order chi connectivity index (χ0) is 24.4. The van der Waals surface area contributed by atoms with E-state index in [1.165, 1.54) is 4.68 Å². The fraction of sp³-hybridized carbons (Fsp3) is 0.222. The van der Waals surface area contributed by atoms with Crippen LogP contribution < -0.4 is 19.8 Å². The Hall–Kier alpha value is -3.65. The Morgan fingerprint density at radius 3 is 2.71 bits per heavy atom. The van der Waals surface area contributed by atoms with E-state index < -0.39 is 0 Å². The van der Waals surface area contributed by atoms with Gasteiger partial charge in [-0.25, -0.2) is 4.98 Å². The first-order valence-electron chi connectivity index (χ1n) is 11.4. The van der Waals surface area contributed by atoms with Crippen LogP contribution in [0, 0.1) is 0 Å². The highest BCUT2D eigenvalue weighted by Crippen LogP contribution is 2.32. The number of hydrogen-bond acceptors (Lipinski definition) is 6. The first kappa shape index (κ1) is 23.1. The molecule has 178 valence electrons. The van der Waals surface area contributed by atoms with Crippen LogP contribution in [0.25, 0.3) is 10.9 Å². The van der Waals surface area contributed by atoms with Gasteiger partial charge >= 0.3 is 0 Å². The molecule has 1 aliphatic rings. The zero-order valence-corrected chi connectivity index (χ0v) is 21.0. The lowest BCUT2D eigenvalue weighted by Crippen LogP contribution is -2.23. The van der Waals surface area contributed by atoms with Crippen molar-refractivity contribution >= 4 is 33.0 Å². The molecule has 0 fully saturated rings. The number of ether oxygens (including phenoxy) is 3. The number of nitrogens with zero attached hydrogens (tertiary/aromatic N) is 3. The van der Waals surface area contributed by atoms with Gasteiger partial charge in [-0.1, -0.05) is 35.8 Å². The number of rotatable bonds is 7. The van der Waals surface area contributed by atoms with Crippen molar-refractivity contribution in [3.63, 3.8) is 0 Å². The second-order valence-corrected chi connectivity index (χ2v) is 9.26. The normalized spacial score (nSPS) is 13.5. The van der Waals surface area contributed by atoms with Gasteiger partial charge in [0.05, 0.1) is 17.1 Å². The predicted molar refractivity (Wildman–Crippen MR) is 139 cm³/mol. The summed E-state index contributed by atoms with van der Waals surface area (Å²) in [6, 6.07) is 18.8. The van der Waals surface area contributed by atoms with E-state index in [1.54, 1.807) is 12.3 Å². The molecule has 0 bridgehead atoms. The summed E-state index contributed by atoms with van der Waals surface area (Å²) in [6.45, 7) is 4.78. The Labute approximate surface area is 211 Å². The molecular weight excluding hydrogens is 510 g/mol. The molecule has 35 heavy (non-hydrogen) atoms. The minimum Gasteiger partial charge on any atom is -0.489 e. The Balaban J connectivity index is 1.35. The van der Waals surface area contributed by atoms with Crippen LogP contribution in [0.3, 0.4) is 0 Å². The molecule has 1 aliphatic heterocycles. The summed E-state index contributed by atoms with van der Waals surface area (Å²) in [5, 5.41) is 5.04. The average molecular weight is 534 g/mol. The summed E-state index contributed by atoms with van der Waals surface area (Å²) in [5.41, 5.74) is 2.32. The first-order valence-corrected chi connectivity index (χ1v) is 12.2. The van der Waals surface area contributed by atoms with Gasteiger partial charge in [-0.05, 0) is 72.1 Å². The van der Waals surface area contributed by atoms with Crippen molar-refractivity contribution in [2.75, 3.05) is 6.79 Å². The molecule has 1 atom stereocenters. The van der Waals surface area contributed by atoms with Gasteiger partial charge in [0, 0.05) is 10.4 Å². The van der Waals surface area contributed by atoms with Gasteiger partial charge in [-0.3, -0.25) is 4.79 Å². The van der Waals surface area contributed by atoms with Crippen LogP contribution in [0.1, 0.15) is 43.1 Å². The monoisotopic (exact) mass is 533 g/mol. The second-order valence-electron chi connectivity index (χ2n) is 8.35. The Morgan fingerprint density at radius 1 is 1.11 bits per heavy atom. The van der Waals surface area contributed by atoms with Gasteiger partial charge < -0.3 is 14.2 Å². The molecule has 8 heteroatoms. The van der Waals surface area contributed by atoms with E-state index in [0.29, 0.717) is 23.3 Å². The third-order valence-corrected chi connectivity index (χ3v) is 6.42. The Kier molecular flexibility index (Phi) is 6.55. The molecule has 1 aromatic heterocycles. The van der Waals surface area contributed by atoms with Crippen LogP contribution >= 0.6 is 15.9 Å². The van der Waals surface area contributed by atoms with Crippen molar-refractivity contribution < 1.29 is 14.2 Å². The maximum Gasteiger partial charge on any atom is 0.282 e. The van der Waals surface area contributed by atoms with Crippen molar-refractivity contribution in [1.29, 1.82) is 0 Å². The highest BCUT2D eigenvalue weighted by atomic mass is 79.9. The molecule has 3 aromatic carbocycles. The van der Waals surface area contributed by atoms with Crippen molar-refractivity contribution in [2.24, 2.45) is 5.10 Å². The molecule has 7 nitrogen and oxygen atoms in total. The fourth-order valence-corrected chi connectivity index (χ4v) is 4.11. The molecule has 0 unspecified atom stereocenters. The molecular formula is C27H24BrN3O4. The topological polar surface area (TPSA) is 74.9 Å². The number of fused-ring (bicyclic) bond motifs is 2. The number of benzene rings is 3. The van der Waals surface area contributed by atoms with Gasteiger partial charge in [0.15, 0.2) is 11.5 Å². The molecule has 0 spiro atoms. The van der Waals surface area contributed by atoms with E-state index in [1.807, 2.05) is 61.5 Å². The van der Waals surface area contributed by atoms with E-state index in [-0.39, 0.29) is 18.3 Å². The molecule has 0 saturated heterocycles. The second kappa shape index (κ2) is 9.92. The van der Waals surface area contributed by atoms with Gasteiger partial charge in [-0.2, -0.15) is 9.78 Å². The molecule has 0 aliphatic carbocycles. The van der Waals surface area contributed by atoms with Gasteiger partial charge in [0.2, 0.25) is 6.79 Å². The maximum absolute atomic E-state index is 13.2. The summed E-state index contributed by atoms with van der Waals surface area (Å²) in [5.74, 6) is 2.95. The van der Waals surface area contributed by atoms with Crippen LogP contribution in [0.15, 0.2) is 75.0 Å². The van der Waals surface area contributed by atoms with Crippen LogP contribution in [-0.4, -0.2) is 22.7 Å². The van der Waals surface area contributed by atoms with Crippen LogP contribution in [0.4, 0.5) is 0 Å². The highest BCUT2D eigenvalue weighted by molar-refractivity contribution is 9.10. The molecule has 0 amide bonds. The summed E-state index contributed by atoms with van der Waals surface area (Å²) < 4.78 is 18.9. The van der Waals surface area contributed by atoms with Crippen LogP contribution in [0.2, 0.25) is 0 Å². The molecule has 2 heterocycles. The molecule has 0 radical (unpaired) electrons. The Morgan fingerprint density at radius 2 is 1.91 bits per heavy atom. The van der Waals surface area contributed by atoms with Crippen molar-refractivity contribution in [1.82, 2.24) is 9.66 Å². The quantitative estimate of drug-likeness (QED) is 0.278. The molecule has 0 saturated carbocycles. The number of halogens is 1. The molecule has 4 aromatic rings. The summed E-state index contributed by atoms with van der Waals surface area (Å²) in [6.07, 6.45) is 2.51. The summed E-state index contributed by atoms with van der Waals surface area (Å²) in [4.78, 5) is 18.0. The van der Waals surface area contributed by atoms with E-state index in [0.717, 1.165) is 39.3 Å². The van der Waals surface area contributed by atoms with Crippen LogP contribution in [-0.2, 0) is 6.61 Å². The van der Waals surface area contributed by atoms with Crippen molar-refractivity contribution in [3.8, 4) is 17.2 Å². The number of hydrogen-bond donors (Lipinski definition) is 0. The minimum absolute atomic E-state index is 0.0832. The predicted octanol–water partition coefficient (Wildman–Crippen LogP) is 5.86. The van der Waals surface area contributed by atoms with Gasteiger partial charge in [-0.15, -0.1) is 0 Å². The lowest BCUT2D eigenvalue weighted by molar-refractivity contribution is 0.174. The standard InChI is InChI=1S/C27H24BrN3O4/c1-3-17(2)26-30-23-10-7-20(28)13-22(23)27(32)31(26)29-14-18-4-8-21(9-5-18)33-15-19-6-11-24-25(12-19)35-16-34-24/h4-14,17H,3,15-16H2,1-2H3/t17-/m1/s1. The van der Waals surface area contributed by atoms with E-state index in [2.05, 4.69) is 28.0 Å². The van der Waals surface area contributed by atoms with E-state index >= 15 is 0 Å².